The van der Waals surface area contributed by atoms with Gasteiger partial charge in [-0.2, -0.15) is 0 Å². The number of cyclic esters (lactones) is 1. The van der Waals surface area contributed by atoms with Crippen LogP contribution < -0.4 is 20.7 Å². The number of hydrogen-bond acceptors (Lipinski definition) is 4. The maximum absolute atomic E-state index is 13.8. The number of allylic oxidation sites excluding steroid dienone is 1. The monoisotopic (exact) mass is 704 g/mol. The van der Waals surface area contributed by atoms with E-state index in [0.717, 1.165) is 31.3 Å². The second kappa shape index (κ2) is 15.8. The standard InChI is InChI=1S/C44H56O4Si2/c1-8-9-10-15-24-36-33-44(48-41(36)45,34-46-49(42(2,3)4,37-25-16-11-17-26-37)38-27-18-12-19-28-38)35-47-50(43(5,6)7,39-29-20-13-21-30-39)40-31-22-14-23-32-40/h11-14,16-32H,8-10,15,33-35H2,1-7H3/b36-24-. The van der Waals surface area contributed by atoms with Crippen LogP contribution in [0.25, 0.3) is 0 Å². The second-order valence-corrected chi connectivity index (χ2v) is 24.5. The lowest BCUT2D eigenvalue weighted by Gasteiger charge is -2.46. The van der Waals surface area contributed by atoms with Crippen LogP contribution in [0, 0.1) is 0 Å². The summed E-state index contributed by atoms with van der Waals surface area (Å²) in [5, 5.41) is 4.33. The molecule has 1 aliphatic rings. The minimum atomic E-state index is -2.94. The predicted octanol–water partition coefficient (Wildman–Crippen LogP) is 8.33. The molecule has 0 radical (unpaired) electrons. The first-order valence-corrected chi connectivity index (χ1v) is 22.1. The van der Waals surface area contributed by atoms with Crippen LogP contribution in [0.1, 0.15) is 80.6 Å². The second-order valence-electron chi connectivity index (χ2n) is 15.9. The topological polar surface area (TPSA) is 44.8 Å². The van der Waals surface area contributed by atoms with Crippen LogP contribution in [-0.4, -0.2) is 41.4 Å². The molecule has 0 atom stereocenters. The third-order valence-corrected chi connectivity index (χ3v) is 20.2. The van der Waals surface area contributed by atoms with E-state index in [1.54, 1.807) is 0 Å². The molecule has 4 aromatic carbocycles. The van der Waals surface area contributed by atoms with E-state index < -0.39 is 22.2 Å². The highest BCUT2D eigenvalue weighted by molar-refractivity contribution is 7.00. The molecule has 0 spiro atoms. The maximum Gasteiger partial charge on any atom is 0.334 e. The Labute approximate surface area is 303 Å². The molecule has 1 fully saturated rings. The first-order chi connectivity index (χ1) is 23.9. The SMILES string of the molecule is CCCCC/C=C1/CC(CO[Si](c2ccccc2)(c2ccccc2)C(C)(C)C)(CO[Si](c2ccccc2)(c2ccccc2)C(C)(C)C)OC1=O. The van der Waals surface area contributed by atoms with Crippen molar-refractivity contribution in [1.29, 1.82) is 0 Å². The van der Waals surface area contributed by atoms with Gasteiger partial charge in [0.15, 0.2) is 5.60 Å². The van der Waals surface area contributed by atoms with Gasteiger partial charge in [0.25, 0.3) is 16.6 Å². The highest BCUT2D eigenvalue weighted by Crippen LogP contribution is 2.42. The molecule has 1 saturated heterocycles. The van der Waals surface area contributed by atoms with E-state index in [1.165, 1.54) is 20.7 Å². The van der Waals surface area contributed by atoms with Gasteiger partial charge in [0.05, 0.1) is 13.2 Å². The first-order valence-electron chi connectivity index (χ1n) is 18.3. The number of carbonyl (C=O) groups is 1. The fraction of sp³-hybridized carbons (Fsp3) is 0.386. The number of unbranched alkanes of at least 4 members (excludes halogenated alkanes) is 3. The predicted molar refractivity (Wildman–Crippen MR) is 213 cm³/mol. The summed E-state index contributed by atoms with van der Waals surface area (Å²) in [4.78, 5) is 13.8. The van der Waals surface area contributed by atoms with E-state index in [9.17, 15) is 4.79 Å². The Morgan fingerprint density at radius 1 is 0.620 bits per heavy atom. The highest BCUT2D eigenvalue weighted by Gasteiger charge is 2.56. The third-order valence-electron chi connectivity index (χ3n) is 10.2. The van der Waals surface area contributed by atoms with Crippen LogP contribution in [0.15, 0.2) is 133 Å². The summed E-state index contributed by atoms with van der Waals surface area (Å²) in [6.07, 6.45) is 6.74. The number of carbonyl (C=O) groups excluding carboxylic acids is 1. The number of benzene rings is 4. The Morgan fingerprint density at radius 2 is 0.980 bits per heavy atom. The molecule has 0 unspecified atom stereocenters. The Morgan fingerprint density at radius 3 is 1.30 bits per heavy atom. The van der Waals surface area contributed by atoms with Crippen molar-refractivity contribution in [3.8, 4) is 0 Å². The van der Waals surface area contributed by atoms with E-state index in [-0.39, 0.29) is 29.3 Å². The zero-order valence-corrected chi connectivity index (χ0v) is 33.2. The minimum absolute atomic E-state index is 0.225. The lowest BCUT2D eigenvalue weighted by molar-refractivity contribution is -0.152. The molecule has 0 N–H and O–H groups in total. The van der Waals surface area contributed by atoms with E-state index in [0.29, 0.717) is 6.42 Å². The number of esters is 1. The van der Waals surface area contributed by atoms with Gasteiger partial charge in [-0.15, -0.1) is 0 Å². The number of hydrogen-bond donors (Lipinski definition) is 0. The summed E-state index contributed by atoms with van der Waals surface area (Å²) in [6.45, 7) is 16.4. The van der Waals surface area contributed by atoms with Crippen LogP contribution in [0.3, 0.4) is 0 Å². The fourth-order valence-corrected chi connectivity index (χ4v) is 17.0. The van der Waals surface area contributed by atoms with Gasteiger partial charge in [-0.05, 0) is 43.7 Å². The average molecular weight is 705 g/mol. The van der Waals surface area contributed by atoms with Gasteiger partial charge in [-0.3, -0.25) is 0 Å². The first kappa shape index (κ1) is 37.7. The van der Waals surface area contributed by atoms with Crippen molar-refractivity contribution >= 4 is 43.4 Å². The van der Waals surface area contributed by atoms with E-state index in [2.05, 4.69) is 176 Å². The van der Waals surface area contributed by atoms with Gasteiger partial charge in [0, 0.05) is 12.0 Å². The lowest BCUT2D eigenvalue weighted by Crippen LogP contribution is -2.69. The quantitative estimate of drug-likeness (QED) is 0.0573. The summed E-state index contributed by atoms with van der Waals surface area (Å²) < 4.78 is 21.6. The highest BCUT2D eigenvalue weighted by atomic mass is 28.4. The van der Waals surface area contributed by atoms with Crippen molar-refractivity contribution < 1.29 is 18.4 Å². The molecule has 4 aromatic rings. The molecular weight excluding hydrogens is 649 g/mol. The van der Waals surface area contributed by atoms with Gasteiger partial charge in [0.1, 0.15) is 0 Å². The van der Waals surface area contributed by atoms with E-state index in [1.807, 2.05) is 0 Å². The largest absolute Gasteiger partial charge is 0.451 e. The minimum Gasteiger partial charge on any atom is -0.451 e. The molecule has 1 heterocycles. The summed E-state index contributed by atoms with van der Waals surface area (Å²) in [7, 11) is -5.88. The maximum atomic E-state index is 13.8. The Bertz CT molecular complexity index is 1510. The van der Waals surface area contributed by atoms with Crippen molar-refractivity contribution in [2.75, 3.05) is 13.2 Å². The molecule has 0 aliphatic carbocycles. The molecule has 4 nitrogen and oxygen atoms in total. The molecular formula is C44H56O4Si2. The Balaban J connectivity index is 1.62. The molecule has 0 bridgehead atoms. The Hall–Kier alpha value is -3.56. The fourth-order valence-electron chi connectivity index (χ4n) is 7.75. The molecule has 0 aromatic heterocycles. The van der Waals surface area contributed by atoms with Gasteiger partial charge < -0.3 is 13.6 Å². The molecule has 264 valence electrons. The van der Waals surface area contributed by atoms with Gasteiger partial charge in [-0.1, -0.05) is 189 Å². The van der Waals surface area contributed by atoms with Crippen molar-refractivity contribution in [1.82, 2.24) is 0 Å². The van der Waals surface area contributed by atoms with E-state index in [4.69, 9.17) is 13.6 Å². The summed E-state index contributed by atoms with van der Waals surface area (Å²) in [5.41, 5.74) is -0.258. The molecule has 50 heavy (non-hydrogen) atoms. The third kappa shape index (κ3) is 7.69. The van der Waals surface area contributed by atoms with Crippen LogP contribution in [0.4, 0.5) is 0 Å². The van der Waals surface area contributed by atoms with Crippen LogP contribution in [0.2, 0.25) is 10.1 Å². The van der Waals surface area contributed by atoms with Crippen LogP contribution >= 0.6 is 0 Å². The van der Waals surface area contributed by atoms with Crippen molar-refractivity contribution in [3.63, 3.8) is 0 Å². The normalized spacial score (nSPS) is 16.1. The zero-order chi connectivity index (χ0) is 35.9. The van der Waals surface area contributed by atoms with Crippen molar-refractivity contribution in [2.45, 2.75) is 96.2 Å². The van der Waals surface area contributed by atoms with Gasteiger partial charge in [0.2, 0.25) is 0 Å². The molecule has 0 saturated carbocycles. The molecule has 1 aliphatic heterocycles. The number of rotatable bonds is 14. The molecule has 0 amide bonds. The number of ether oxygens (including phenoxy) is 1. The summed E-state index contributed by atoms with van der Waals surface area (Å²) in [5.74, 6) is -0.251. The van der Waals surface area contributed by atoms with Gasteiger partial charge >= 0.3 is 5.97 Å². The van der Waals surface area contributed by atoms with Crippen molar-refractivity contribution in [2.24, 2.45) is 0 Å². The van der Waals surface area contributed by atoms with Crippen LogP contribution in [-0.2, 0) is 18.4 Å². The molecule has 6 heteroatoms. The van der Waals surface area contributed by atoms with Crippen LogP contribution in [0.5, 0.6) is 0 Å². The lowest BCUT2D eigenvalue weighted by atomic mass is 9.98. The Kier molecular flexibility index (Phi) is 11.9. The van der Waals surface area contributed by atoms with Gasteiger partial charge in [-0.25, -0.2) is 4.79 Å². The smallest absolute Gasteiger partial charge is 0.334 e. The summed E-state index contributed by atoms with van der Waals surface area (Å²) >= 11 is 0. The zero-order valence-electron chi connectivity index (χ0n) is 31.2. The van der Waals surface area contributed by atoms with Crippen molar-refractivity contribution in [3.05, 3.63) is 133 Å². The molecule has 5 rings (SSSR count). The van der Waals surface area contributed by atoms with E-state index >= 15 is 0 Å². The summed E-state index contributed by atoms with van der Waals surface area (Å²) in [6, 6.07) is 42.7. The average Bonchev–Trinajstić information content (AvgIpc) is 3.42.